The molecule has 1 saturated heterocycles. The van der Waals surface area contributed by atoms with Crippen LogP contribution in [0.4, 0.5) is 0 Å². The normalized spacial score (nSPS) is 19.9. The highest BCUT2D eigenvalue weighted by atomic mass is 16.5. The molecular formula is C20H23N3O3. The van der Waals surface area contributed by atoms with E-state index in [0.717, 1.165) is 16.7 Å². The molecule has 0 radical (unpaired) electrons. The molecule has 1 atom stereocenters. The Morgan fingerprint density at radius 1 is 1.15 bits per heavy atom. The summed E-state index contributed by atoms with van der Waals surface area (Å²) in [6.07, 6.45) is 0.282. The molecule has 1 fully saturated rings. The second-order valence-corrected chi connectivity index (χ2v) is 6.56. The van der Waals surface area contributed by atoms with Crippen molar-refractivity contribution in [3.05, 3.63) is 48.0 Å². The molecule has 0 aromatic heterocycles. The van der Waals surface area contributed by atoms with Crippen LogP contribution in [0.3, 0.4) is 0 Å². The van der Waals surface area contributed by atoms with Crippen LogP contribution in [0.5, 0.6) is 11.5 Å². The highest BCUT2D eigenvalue weighted by Crippen LogP contribution is 2.39. The summed E-state index contributed by atoms with van der Waals surface area (Å²) in [5.41, 5.74) is 2.17. The number of para-hydroxylation sites is 1. The predicted molar refractivity (Wildman–Crippen MR) is 101 cm³/mol. The summed E-state index contributed by atoms with van der Waals surface area (Å²) < 4.78 is 10.9. The number of benzene rings is 2. The zero-order valence-electron chi connectivity index (χ0n) is 15.4. The number of nitrogens with one attached hydrogen (secondary N) is 2. The van der Waals surface area contributed by atoms with Gasteiger partial charge in [0.15, 0.2) is 17.5 Å². The number of guanidine groups is 1. The van der Waals surface area contributed by atoms with Crippen molar-refractivity contribution in [2.24, 2.45) is 0 Å². The average molecular weight is 353 g/mol. The van der Waals surface area contributed by atoms with Gasteiger partial charge in [-0.05, 0) is 30.2 Å². The minimum absolute atomic E-state index is 0.0828. The van der Waals surface area contributed by atoms with E-state index in [-0.39, 0.29) is 18.3 Å². The van der Waals surface area contributed by atoms with Crippen molar-refractivity contribution >= 4 is 11.9 Å². The Kier molecular flexibility index (Phi) is 4.59. The summed E-state index contributed by atoms with van der Waals surface area (Å²) in [5, 5.41) is 11.2. The van der Waals surface area contributed by atoms with Crippen molar-refractivity contribution in [1.82, 2.24) is 10.2 Å². The maximum absolute atomic E-state index is 12.2. The summed E-state index contributed by atoms with van der Waals surface area (Å²) >= 11 is 0. The Morgan fingerprint density at radius 2 is 1.88 bits per heavy atom. The maximum atomic E-state index is 12.2. The topological polar surface area (TPSA) is 74.7 Å². The van der Waals surface area contributed by atoms with Crippen LogP contribution in [0.25, 0.3) is 11.1 Å². The first-order chi connectivity index (χ1) is 12.4. The van der Waals surface area contributed by atoms with E-state index in [9.17, 15) is 4.79 Å². The lowest BCUT2D eigenvalue weighted by Gasteiger charge is -2.39. The van der Waals surface area contributed by atoms with Gasteiger partial charge in [-0.2, -0.15) is 0 Å². The summed E-state index contributed by atoms with van der Waals surface area (Å²) in [6, 6.07) is 13.7. The molecule has 1 aliphatic heterocycles. The van der Waals surface area contributed by atoms with Gasteiger partial charge in [-0.3, -0.25) is 15.1 Å². The fourth-order valence-electron chi connectivity index (χ4n) is 3.25. The zero-order valence-corrected chi connectivity index (χ0v) is 15.4. The monoisotopic (exact) mass is 353 g/mol. The van der Waals surface area contributed by atoms with Gasteiger partial charge in [0.1, 0.15) is 0 Å². The molecule has 0 bridgehead atoms. The van der Waals surface area contributed by atoms with E-state index in [1.165, 1.54) is 4.90 Å². The summed E-state index contributed by atoms with van der Waals surface area (Å²) in [7, 11) is 4.83. The third kappa shape index (κ3) is 2.98. The van der Waals surface area contributed by atoms with Crippen LogP contribution in [0.15, 0.2) is 42.5 Å². The first kappa shape index (κ1) is 17.8. The van der Waals surface area contributed by atoms with Crippen LogP contribution in [0, 0.1) is 5.41 Å². The lowest BCUT2D eigenvalue weighted by Crippen LogP contribution is -2.58. The van der Waals surface area contributed by atoms with Crippen molar-refractivity contribution in [1.29, 1.82) is 5.41 Å². The lowest BCUT2D eigenvalue weighted by molar-refractivity contribution is -0.129. The fraction of sp³-hybridized carbons (Fsp3) is 0.300. The van der Waals surface area contributed by atoms with Gasteiger partial charge in [-0.25, -0.2) is 0 Å². The largest absolute Gasteiger partial charge is 0.493 e. The van der Waals surface area contributed by atoms with Gasteiger partial charge < -0.3 is 14.8 Å². The first-order valence-electron chi connectivity index (χ1n) is 8.35. The molecule has 6 heteroatoms. The van der Waals surface area contributed by atoms with Gasteiger partial charge in [0.2, 0.25) is 5.91 Å². The summed E-state index contributed by atoms with van der Waals surface area (Å²) in [6.45, 7) is 1.94. The van der Waals surface area contributed by atoms with Crippen molar-refractivity contribution < 1.29 is 14.3 Å². The summed E-state index contributed by atoms with van der Waals surface area (Å²) in [5.74, 6) is 1.35. The van der Waals surface area contributed by atoms with Gasteiger partial charge in [0, 0.05) is 12.6 Å². The van der Waals surface area contributed by atoms with Gasteiger partial charge in [0.05, 0.1) is 26.2 Å². The molecule has 0 spiro atoms. The highest BCUT2D eigenvalue weighted by Gasteiger charge is 2.38. The second-order valence-electron chi connectivity index (χ2n) is 6.56. The molecule has 2 aromatic rings. The predicted octanol–water partition coefficient (Wildman–Crippen LogP) is 2.97. The smallest absolute Gasteiger partial charge is 0.231 e. The third-order valence-corrected chi connectivity index (χ3v) is 4.82. The van der Waals surface area contributed by atoms with Crippen LogP contribution >= 0.6 is 0 Å². The molecule has 1 aliphatic rings. The molecule has 2 N–H and O–H groups in total. The Bertz CT molecular complexity index is 845. The highest BCUT2D eigenvalue weighted by molar-refractivity contribution is 5.99. The molecule has 0 unspecified atom stereocenters. The van der Waals surface area contributed by atoms with Gasteiger partial charge >= 0.3 is 0 Å². The minimum atomic E-state index is -0.636. The van der Waals surface area contributed by atoms with Crippen LogP contribution < -0.4 is 14.8 Å². The van der Waals surface area contributed by atoms with E-state index in [1.54, 1.807) is 21.3 Å². The molecule has 2 aromatic carbocycles. The molecule has 136 valence electrons. The van der Waals surface area contributed by atoms with E-state index in [0.29, 0.717) is 11.5 Å². The van der Waals surface area contributed by atoms with Gasteiger partial charge in [0.25, 0.3) is 0 Å². The fourth-order valence-corrected chi connectivity index (χ4v) is 3.25. The molecule has 6 nitrogen and oxygen atoms in total. The van der Waals surface area contributed by atoms with Crippen molar-refractivity contribution in [3.63, 3.8) is 0 Å². The number of carbonyl (C=O) groups excluding carboxylic acids is 1. The average Bonchev–Trinajstić information content (AvgIpc) is 2.65. The lowest BCUT2D eigenvalue weighted by atomic mass is 9.85. The quantitative estimate of drug-likeness (QED) is 0.886. The molecule has 1 heterocycles. The van der Waals surface area contributed by atoms with Crippen LogP contribution in [0.2, 0.25) is 0 Å². The number of carbonyl (C=O) groups is 1. The molecule has 26 heavy (non-hydrogen) atoms. The van der Waals surface area contributed by atoms with E-state index in [1.807, 2.05) is 49.4 Å². The van der Waals surface area contributed by atoms with Gasteiger partial charge in [-0.15, -0.1) is 0 Å². The first-order valence-corrected chi connectivity index (χ1v) is 8.35. The molecular weight excluding hydrogens is 330 g/mol. The van der Waals surface area contributed by atoms with Crippen molar-refractivity contribution in [3.8, 4) is 22.6 Å². The Morgan fingerprint density at radius 3 is 2.54 bits per heavy atom. The number of nitrogens with zero attached hydrogens (tertiary/aromatic N) is 1. The Labute approximate surface area is 153 Å². The number of amides is 1. The number of hydrogen-bond donors (Lipinski definition) is 2. The van der Waals surface area contributed by atoms with Gasteiger partial charge in [-0.1, -0.05) is 30.3 Å². The standard InChI is InChI=1S/C20H23N3O3/c1-20(12-17(24)23(2)19(21)22-20)14-8-5-7-13(11-14)15-9-6-10-16(25-3)18(15)26-4/h5-11H,12H2,1-4H3,(H2,21,22)/t20-/m0/s1. The van der Waals surface area contributed by atoms with Crippen LogP contribution in [-0.4, -0.2) is 38.0 Å². The van der Waals surface area contributed by atoms with E-state index >= 15 is 0 Å². The minimum Gasteiger partial charge on any atom is -0.493 e. The third-order valence-electron chi connectivity index (χ3n) is 4.82. The zero-order chi connectivity index (χ0) is 18.9. The molecule has 0 aliphatic carbocycles. The number of hydrogen-bond acceptors (Lipinski definition) is 4. The number of rotatable bonds is 4. The Balaban J connectivity index is 2.05. The number of methoxy groups -OCH3 is 2. The van der Waals surface area contributed by atoms with Crippen LogP contribution in [-0.2, 0) is 10.3 Å². The number of ether oxygens (including phenoxy) is 2. The van der Waals surface area contributed by atoms with Crippen molar-refractivity contribution in [2.75, 3.05) is 21.3 Å². The molecule has 1 amide bonds. The van der Waals surface area contributed by atoms with E-state index in [2.05, 4.69) is 5.32 Å². The van der Waals surface area contributed by atoms with E-state index < -0.39 is 5.54 Å². The Hall–Kier alpha value is -3.02. The SMILES string of the molecule is COc1cccc(-c2cccc([C@]3(C)CC(=O)N(C)C(=N)N3)c2)c1OC. The second kappa shape index (κ2) is 6.71. The van der Waals surface area contributed by atoms with Crippen molar-refractivity contribution in [2.45, 2.75) is 18.9 Å². The van der Waals surface area contributed by atoms with Crippen LogP contribution in [0.1, 0.15) is 18.9 Å². The molecule has 0 saturated carbocycles. The maximum Gasteiger partial charge on any atom is 0.231 e. The summed E-state index contributed by atoms with van der Waals surface area (Å²) in [4.78, 5) is 13.6. The van der Waals surface area contributed by atoms with E-state index in [4.69, 9.17) is 14.9 Å². The molecule has 3 rings (SSSR count).